The first-order valence-electron chi connectivity index (χ1n) is 11.7. The number of nitrogens with zero attached hydrogens (tertiary/aromatic N) is 1. The van der Waals surface area contributed by atoms with Gasteiger partial charge in [0, 0.05) is 12.7 Å². The molecule has 0 radical (unpaired) electrons. The Balaban J connectivity index is 1.85. The van der Waals surface area contributed by atoms with Crippen molar-refractivity contribution < 1.29 is 4.79 Å². The second-order valence-corrected chi connectivity index (χ2v) is 8.48. The predicted molar refractivity (Wildman–Crippen MR) is 138 cm³/mol. The summed E-state index contributed by atoms with van der Waals surface area (Å²) in [5, 5.41) is 0. The average Bonchev–Trinajstić information content (AvgIpc) is 2.83. The quantitative estimate of drug-likeness (QED) is 0.253. The van der Waals surface area contributed by atoms with Gasteiger partial charge in [0.15, 0.2) is 0 Å². The number of benzene rings is 3. The molecule has 2 nitrogen and oxygen atoms in total. The minimum Gasteiger partial charge on any atom is -0.312 e. The molecular weight excluding hydrogens is 390 g/mol. The summed E-state index contributed by atoms with van der Waals surface area (Å²) in [5.74, 6) is -0.110. The van der Waals surface area contributed by atoms with E-state index in [1.165, 1.54) is 65.1 Å². The lowest BCUT2D eigenvalue weighted by molar-refractivity contribution is -0.113. The SMILES string of the molecule is C=CC(=O)N(C)c1ccc(-c2ccc(-c3ccc(CCCCC)cc3CC)cc2C)cc1. The number of rotatable bonds is 9. The van der Waals surface area contributed by atoms with Crippen LogP contribution in [0.2, 0.25) is 0 Å². The van der Waals surface area contributed by atoms with Gasteiger partial charge in [0.1, 0.15) is 0 Å². The fraction of sp³-hybridized carbons (Fsp3) is 0.300. The van der Waals surface area contributed by atoms with Crippen LogP contribution in [0.1, 0.15) is 49.8 Å². The maximum absolute atomic E-state index is 11.8. The van der Waals surface area contributed by atoms with Crippen LogP contribution < -0.4 is 4.90 Å². The fourth-order valence-electron chi connectivity index (χ4n) is 4.24. The van der Waals surface area contributed by atoms with Crippen molar-refractivity contribution in [1.29, 1.82) is 0 Å². The molecule has 2 heteroatoms. The van der Waals surface area contributed by atoms with Gasteiger partial charge in [-0.2, -0.15) is 0 Å². The smallest absolute Gasteiger partial charge is 0.250 e. The van der Waals surface area contributed by atoms with Crippen LogP contribution in [0.3, 0.4) is 0 Å². The van der Waals surface area contributed by atoms with Crippen molar-refractivity contribution >= 4 is 11.6 Å². The third kappa shape index (κ3) is 5.37. The lowest BCUT2D eigenvalue weighted by atomic mass is 9.91. The van der Waals surface area contributed by atoms with Gasteiger partial charge in [-0.15, -0.1) is 0 Å². The van der Waals surface area contributed by atoms with Crippen molar-refractivity contribution in [2.24, 2.45) is 0 Å². The number of aryl methyl sites for hydroxylation is 3. The van der Waals surface area contributed by atoms with Gasteiger partial charge < -0.3 is 4.90 Å². The summed E-state index contributed by atoms with van der Waals surface area (Å²) in [7, 11) is 1.76. The van der Waals surface area contributed by atoms with Crippen LogP contribution in [-0.2, 0) is 17.6 Å². The van der Waals surface area contributed by atoms with E-state index in [1.807, 2.05) is 12.1 Å². The standard InChI is InChI=1S/C30H35NO/c1-6-9-10-11-23-12-18-29(24(7-2)21-23)26-15-19-28(22(4)20-26)25-13-16-27(17-14-25)31(5)30(32)8-3/h8,12-21H,3,6-7,9-11H2,1-2,4-5H3. The zero-order valence-corrected chi connectivity index (χ0v) is 19.9. The molecule has 0 saturated carbocycles. The summed E-state index contributed by atoms with van der Waals surface area (Å²) in [4.78, 5) is 13.4. The minimum absolute atomic E-state index is 0.110. The molecule has 3 rings (SSSR count). The molecule has 3 aromatic rings. The lowest BCUT2D eigenvalue weighted by Gasteiger charge is -2.16. The minimum atomic E-state index is -0.110. The number of anilines is 1. The van der Waals surface area contributed by atoms with E-state index >= 15 is 0 Å². The monoisotopic (exact) mass is 425 g/mol. The van der Waals surface area contributed by atoms with Gasteiger partial charge in [0.05, 0.1) is 0 Å². The van der Waals surface area contributed by atoms with Crippen LogP contribution in [0, 0.1) is 6.92 Å². The Morgan fingerprint density at radius 3 is 2.22 bits per heavy atom. The first kappa shape index (κ1) is 23.5. The number of carbonyl (C=O) groups excluding carboxylic acids is 1. The molecule has 0 bridgehead atoms. The molecular formula is C30H35NO. The van der Waals surface area contributed by atoms with Crippen LogP contribution >= 0.6 is 0 Å². The zero-order valence-electron chi connectivity index (χ0n) is 19.9. The van der Waals surface area contributed by atoms with Crippen LogP contribution in [0.15, 0.2) is 73.3 Å². The summed E-state index contributed by atoms with van der Waals surface area (Å²) >= 11 is 0. The van der Waals surface area contributed by atoms with Crippen molar-refractivity contribution in [2.45, 2.75) is 52.9 Å². The van der Waals surface area contributed by atoms with Crippen molar-refractivity contribution in [3.63, 3.8) is 0 Å². The summed E-state index contributed by atoms with van der Waals surface area (Å²) in [5.41, 5.74) is 9.96. The number of unbranched alkanes of at least 4 members (excludes halogenated alkanes) is 2. The van der Waals surface area contributed by atoms with E-state index in [2.05, 4.69) is 75.9 Å². The van der Waals surface area contributed by atoms with Gasteiger partial charge in [-0.1, -0.05) is 81.8 Å². The van der Waals surface area contributed by atoms with E-state index in [0.29, 0.717) is 0 Å². The van der Waals surface area contributed by atoms with Gasteiger partial charge in [0.2, 0.25) is 5.91 Å². The number of likely N-dealkylation sites (N-methyl/N-ethyl adjacent to an activating group) is 1. The van der Waals surface area contributed by atoms with Crippen molar-refractivity contribution in [1.82, 2.24) is 0 Å². The molecule has 1 amide bonds. The topological polar surface area (TPSA) is 20.3 Å². The molecule has 32 heavy (non-hydrogen) atoms. The Hall–Kier alpha value is -3.13. The van der Waals surface area contributed by atoms with Crippen molar-refractivity contribution in [3.8, 4) is 22.3 Å². The lowest BCUT2D eigenvalue weighted by Crippen LogP contribution is -2.23. The highest BCUT2D eigenvalue weighted by molar-refractivity contribution is 6.00. The second kappa shape index (κ2) is 10.9. The highest BCUT2D eigenvalue weighted by Crippen LogP contribution is 2.32. The average molecular weight is 426 g/mol. The maximum atomic E-state index is 11.8. The molecule has 0 N–H and O–H groups in total. The van der Waals surface area contributed by atoms with E-state index in [1.54, 1.807) is 11.9 Å². The molecule has 0 spiro atoms. The van der Waals surface area contributed by atoms with Crippen LogP contribution in [-0.4, -0.2) is 13.0 Å². The first-order valence-corrected chi connectivity index (χ1v) is 11.7. The molecule has 0 aromatic heterocycles. The van der Waals surface area contributed by atoms with E-state index < -0.39 is 0 Å². The fourth-order valence-corrected chi connectivity index (χ4v) is 4.24. The third-order valence-corrected chi connectivity index (χ3v) is 6.23. The molecule has 0 saturated heterocycles. The van der Waals surface area contributed by atoms with Crippen molar-refractivity contribution in [2.75, 3.05) is 11.9 Å². The molecule has 0 aliphatic carbocycles. The Morgan fingerprint density at radius 1 is 0.906 bits per heavy atom. The molecule has 0 aliphatic rings. The molecule has 0 atom stereocenters. The molecule has 0 fully saturated rings. The van der Waals surface area contributed by atoms with Crippen LogP contribution in [0.5, 0.6) is 0 Å². The van der Waals surface area contributed by atoms with E-state index in [4.69, 9.17) is 0 Å². The first-order chi connectivity index (χ1) is 15.5. The summed E-state index contributed by atoms with van der Waals surface area (Å²) in [6.45, 7) is 10.2. The van der Waals surface area contributed by atoms with Gasteiger partial charge in [0.25, 0.3) is 0 Å². The van der Waals surface area contributed by atoms with Gasteiger partial charge in [-0.05, 0) is 83.3 Å². The third-order valence-electron chi connectivity index (χ3n) is 6.23. The normalized spacial score (nSPS) is 10.8. The Morgan fingerprint density at radius 2 is 1.59 bits per heavy atom. The van der Waals surface area contributed by atoms with Crippen molar-refractivity contribution in [3.05, 3.63) is 90.0 Å². The predicted octanol–water partition coefficient (Wildman–Crippen LogP) is 7.77. The Bertz CT molecular complexity index is 1080. The Kier molecular flexibility index (Phi) is 8.05. The number of carbonyl (C=O) groups is 1. The van der Waals surface area contributed by atoms with E-state index in [0.717, 1.165) is 17.7 Å². The van der Waals surface area contributed by atoms with E-state index in [-0.39, 0.29) is 5.91 Å². The van der Waals surface area contributed by atoms with E-state index in [9.17, 15) is 4.79 Å². The maximum Gasteiger partial charge on any atom is 0.250 e. The highest BCUT2D eigenvalue weighted by Gasteiger charge is 2.10. The Labute approximate surface area is 193 Å². The van der Waals surface area contributed by atoms with Gasteiger partial charge in [-0.3, -0.25) is 4.79 Å². The number of hydrogen-bond acceptors (Lipinski definition) is 1. The zero-order chi connectivity index (χ0) is 23.1. The summed E-state index contributed by atoms with van der Waals surface area (Å²) < 4.78 is 0. The molecule has 166 valence electrons. The van der Waals surface area contributed by atoms with Crippen LogP contribution in [0.25, 0.3) is 22.3 Å². The number of hydrogen-bond donors (Lipinski definition) is 0. The highest BCUT2D eigenvalue weighted by atomic mass is 16.2. The summed E-state index contributed by atoms with van der Waals surface area (Å²) in [6.07, 6.45) is 7.36. The molecule has 0 unspecified atom stereocenters. The molecule has 3 aromatic carbocycles. The molecule has 0 heterocycles. The summed E-state index contributed by atoms with van der Waals surface area (Å²) in [6, 6.07) is 21.9. The number of amides is 1. The van der Waals surface area contributed by atoms with Crippen LogP contribution in [0.4, 0.5) is 5.69 Å². The second-order valence-electron chi connectivity index (χ2n) is 8.48. The van der Waals surface area contributed by atoms with Gasteiger partial charge in [-0.25, -0.2) is 0 Å². The largest absolute Gasteiger partial charge is 0.312 e. The van der Waals surface area contributed by atoms with Gasteiger partial charge >= 0.3 is 0 Å². The molecule has 0 aliphatic heterocycles.